The van der Waals surface area contributed by atoms with Gasteiger partial charge in [0, 0.05) is 23.6 Å². The average molecular weight is 474 g/mol. The van der Waals surface area contributed by atoms with E-state index in [1.54, 1.807) is 6.20 Å². The fraction of sp³-hybridized carbons (Fsp3) is 0.478. The zero-order chi connectivity index (χ0) is 25.3. The van der Waals surface area contributed by atoms with Gasteiger partial charge in [0.2, 0.25) is 11.8 Å². The Hall–Kier alpha value is -3.60. The standard InChI is InChI=1S/C23H35N7O4/c1-13(2)10-19(22(33)34)30-21(32)18(8-5-9-27-23(25)26)29-20(31)16(24)11-14-12-28-17-7-4-3-6-15(14)17/h3-4,6-7,12-13,16,18-19,28H,5,8-11,24H2,1-2H3,(H,29,31)(H,30,32)(H,33,34)(H4,25,26,27). The number of fused-ring (bicyclic) bond motifs is 1. The van der Waals surface area contributed by atoms with E-state index >= 15 is 0 Å². The number of aliphatic imine (C=N–C) groups is 1. The first-order valence-electron chi connectivity index (χ1n) is 11.3. The number of rotatable bonds is 13. The fourth-order valence-corrected chi connectivity index (χ4v) is 3.65. The second kappa shape index (κ2) is 12.6. The number of benzene rings is 1. The van der Waals surface area contributed by atoms with Crippen LogP contribution in [0.4, 0.5) is 0 Å². The van der Waals surface area contributed by atoms with Crippen molar-refractivity contribution in [3.05, 3.63) is 36.0 Å². The van der Waals surface area contributed by atoms with Crippen molar-refractivity contribution < 1.29 is 19.5 Å². The monoisotopic (exact) mass is 473 g/mol. The third-order valence-electron chi connectivity index (χ3n) is 5.35. The third-order valence-corrected chi connectivity index (χ3v) is 5.35. The summed E-state index contributed by atoms with van der Waals surface area (Å²) in [4.78, 5) is 44.3. The number of carboxylic acids is 1. The lowest BCUT2D eigenvalue weighted by atomic mass is 10.0. The summed E-state index contributed by atoms with van der Waals surface area (Å²) >= 11 is 0. The highest BCUT2D eigenvalue weighted by molar-refractivity contribution is 5.92. The number of nitrogens with two attached hydrogens (primary N) is 3. The van der Waals surface area contributed by atoms with Crippen LogP contribution in [0.15, 0.2) is 35.5 Å². The predicted molar refractivity (Wildman–Crippen MR) is 131 cm³/mol. The molecule has 2 amide bonds. The molecular weight excluding hydrogens is 438 g/mol. The molecule has 11 heteroatoms. The number of carbonyl (C=O) groups is 3. The molecule has 0 radical (unpaired) electrons. The van der Waals surface area contributed by atoms with E-state index in [1.807, 2.05) is 38.1 Å². The van der Waals surface area contributed by atoms with E-state index in [2.05, 4.69) is 20.6 Å². The molecule has 2 aromatic rings. The minimum absolute atomic E-state index is 0.0564. The number of para-hydroxylation sites is 1. The van der Waals surface area contributed by atoms with E-state index in [4.69, 9.17) is 17.2 Å². The van der Waals surface area contributed by atoms with Gasteiger partial charge < -0.3 is 37.9 Å². The summed E-state index contributed by atoms with van der Waals surface area (Å²) in [7, 11) is 0. The van der Waals surface area contributed by atoms with Crippen LogP contribution in [0.3, 0.4) is 0 Å². The van der Waals surface area contributed by atoms with Crippen LogP contribution < -0.4 is 27.8 Å². The molecule has 0 aliphatic carbocycles. The molecular formula is C23H35N7O4. The molecule has 0 saturated heterocycles. The molecule has 0 fully saturated rings. The van der Waals surface area contributed by atoms with Crippen molar-refractivity contribution >= 4 is 34.6 Å². The topological polar surface area (TPSA) is 202 Å². The van der Waals surface area contributed by atoms with Gasteiger partial charge in [0.25, 0.3) is 0 Å². The van der Waals surface area contributed by atoms with Crippen molar-refractivity contribution in [2.75, 3.05) is 6.54 Å². The SMILES string of the molecule is CC(C)CC(NC(=O)C(CCCN=C(N)N)NC(=O)C(N)Cc1c[nH]c2ccccc12)C(=O)O. The molecule has 0 bridgehead atoms. The van der Waals surface area contributed by atoms with Gasteiger partial charge in [-0.05, 0) is 43.2 Å². The quantitative estimate of drug-likeness (QED) is 0.122. The Morgan fingerprint density at radius 1 is 1.09 bits per heavy atom. The van der Waals surface area contributed by atoms with Crippen LogP contribution in [-0.2, 0) is 20.8 Å². The Morgan fingerprint density at radius 2 is 1.76 bits per heavy atom. The van der Waals surface area contributed by atoms with Crippen molar-refractivity contribution in [1.82, 2.24) is 15.6 Å². The molecule has 34 heavy (non-hydrogen) atoms. The van der Waals surface area contributed by atoms with Crippen LogP contribution in [0.2, 0.25) is 0 Å². The summed E-state index contributed by atoms with van der Waals surface area (Å²) in [6.07, 6.45) is 2.94. The third kappa shape index (κ3) is 8.07. The number of nitrogens with one attached hydrogen (secondary N) is 3. The van der Waals surface area contributed by atoms with Gasteiger partial charge in [-0.2, -0.15) is 0 Å². The Labute approximate surface area is 198 Å². The summed E-state index contributed by atoms with van der Waals surface area (Å²) in [5.41, 5.74) is 18.6. The van der Waals surface area contributed by atoms with Crippen molar-refractivity contribution in [3.63, 3.8) is 0 Å². The lowest BCUT2D eigenvalue weighted by Gasteiger charge is -2.23. The van der Waals surface area contributed by atoms with Crippen molar-refractivity contribution in [3.8, 4) is 0 Å². The highest BCUT2D eigenvalue weighted by Gasteiger charge is 2.28. The number of carbonyl (C=O) groups excluding carboxylic acids is 2. The number of guanidine groups is 1. The zero-order valence-corrected chi connectivity index (χ0v) is 19.6. The lowest BCUT2D eigenvalue weighted by molar-refractivity contribution is -0.142. The number of aliphatic carboxylic acids is 1. The smallest absolute Gasteiger partial charge is 0.326 e. The molecule has 0 saturated carbocycles. The summed E-state index contributed by atoms with van der Waals surface area (Å²) in [5, 5.41) is 15.6. The number of H-pyrrole nitrogens is 1. The first-order chi connectivity index (χ1) is 16.1. The van der Waals surface area contributed by atoms with Crippen LogP contribution in [0, 0.1) is 5.92 Å². The van der Waals surface area contributed by atoms with Crippen molar-refractivity contribution in [1.29, 1.82) is 0 Å². The van der Waals surface area contributed by atoms with Crippen molar-refractivity contribution in [2.45, 2.75) is 57.7 Å². The molecule has 1 heterocycles. The van der Waals surface area contributed by atoms with Gasteiger partial charge >= 0.3 is 5.97 Å². The van der Waals surface area contributed by atoms with E-state index in [0.717, 1.165) is 16.5 Å². The number of amides is 2. The lowest BCUT2D eigenvalue weighted by Crippen LogP contribution is -2.55. The van der Waals surface area contributed by atoms with E-state index in [0.29, 0.717) is 6.42 Å². The first kappa shape index (κ1) is 26.7. The number of hydrogen-bond donors (Lipinski definition) is 7. The minimum Gasteiger partial charge on any atom is -0.480 e. The molecule has 3 unspecified atom stereocenters. The molecule has 1 aromatic carbocycles. The van der Waals surface area contributed by atoms with Gasteiger partial charge in [-0.15, -0.1) is 0 Å². The molecule has 0 aliphatic heterocycles. The summed E-state index contributed by atoms with van der Waals surface area (Å²) in [6, 6.07) is 4.72. The van der Waals surface area contributed by atoms with Gasteiger partial charge in [0.15, 0.2) is 5.96 Å². The molecule has 3 atom stereocenters. The molecule has 0 aliphatic rings. The Morgan fingerprint density at radius 3 is 2.41 bits per heavy atom. The summed E-state index contributed by atoms with van der Waals surface area (Å²) < 4.78 is 0. The molecule has 1 aromatic heterocycles. The van der Waals surface area contributed by atoms with E-state index < -0.39 is 35.9 Å². The molecule has 11 nitrogen and oxygen atoms in total. The van der Waals surface area contributed by atoms with Crippen LogP contribution >= 0.6 is 0 Å². The van der Waals surface area contributed by atoms with Gasteiger partial charge in [-0.25, -0.2) is 4.79 Å². The normalized spacial score (nSPS) is 13.8. The zero-order valence-electron chi connectivity index (χ0n) is 19.6. The van der Waals surface area contributed by atoms with Crippen LogP contribution in [-0.4, -0.2) is 58.5 Å². The number of hydrogen-bond acceptors (Lipinski definition) is 5. The van der Waals surface area contributed by atoms with Gasteiger partial charge in [-0.1, -0.05) is 32.0 Å². The largest absolute Gasteiger partial charge is 0.480 e. The van der Waals surface area contributed by atoms with Gasteiger partial charge in [0.05, 0.1) is 6.04 Å². The highest BCUT2D eigenvalue weighted by atomic mass is 16.4. The predicted octanol–water partition coefficient (Wildman–Crippen LogP) is 0.192. The second-order valence-corrected chi connectivity index (χ2v) is 8.71. The highest BCUT2D eigenvalue weighted by Crippen LogP contribution is 2.19. The molecule has 2 rings (SSSR count). The number of nitrogens with zero attached hydrogens (tertiary/aromatic N) is 1. The Kier molecular flexibility index (Phi) is 9.87. The van der Waals surface area contributed by atoms with Crippen molar-refractivity contribution in [2.24, 2.45) is 28.1 Å². The first-order valence-corrected chi connectivity index (χ1v) is 11.3. The molecule has 0 spiro atoms. The van der Waals surface area contributed by atoms with E-state index in [9.17, 15) is 19.5 Å². The van der Waals surface area contributed by atoms with E-state index in [1.165, 1.54) is 0 Å². The van der Waals surface area contributed by atoms with Crippen LogP contribution in [0.1, 0.15) is 38.7 Å². The van der Waals surface area contributed by atoms with Crippen LogP contribution in [0.25, 0.3) is 10.9 Å². The Bertz CT molecular complexity index is 1010. The summed E-state index contributed by atoms with van der Waals surface area (Å²) in [6.45, 7) is 3.98. The maximum atomic E-state index is 12.9. The average Bonchev–Trinajstić information content (AvgIpc) is 3.17. The maximum absolute atomic E-state index is 12.9. The minimum atomic E-state index is -1.14. The maximum Gasteiger partial charge on any atom is 0.326 e. The summed E-state index contributed by atoms with van der Waals surface area (Å²) in [5.74, 6) is -2.26. The number of carboxylic acid groups (broad SMARTS) is 1. The molecule has 186 valence electrons. The second-order valence-electron chi connectivity index (χ2n) is 8.71. The number of aromatic nitrogens is 1. The van der Waals surface area contributed by atoms with Crippen LogP contribution in [0.5, 0.6) is 0 Å². The number of aromatic amines is 1. The Balaban J connectivity index is 2.08. The fourth-order valence-electron chi connectivity index (χ4n) is 3.65. The van der Waals surface area contributed by atoms with E-state index in [-0.39, 0.29) is 37.7 Å². The van der Waals surface area contributed by atoms with Gasteiger partial charge in [0.1, 0.15) is 12.1 Å². The van der Waals surface area contributed by atoms with Gasteiger partial charge in [-0.3, -0.25) is 14.6 Å². The molecule has 10 N–H and O–H groups in total.